The second kappa shape index (κ2) is 8.33. The monoisotopic (exact) mass is 354 g/mol. The Hall–Kier alpha value is -2.39. The summed E-state index contributed by atoms with van der Waals surface area (Å²) in [6.45, 7) is 2.88. The van der Waals surface area contributed by atoms with Gasteiger partial charge in [-0.1, -0.05) is 24.3 Å². The zero-order valence-corrected chi connectivity index (χ0v) is 15.4. The number of nitriles is 1. The van der Waals surface area contributed by atoms with Gasteiger partial charge in [-0.05, 0) is 30.4 Å². The number of nitrogens with zero attached hydrogens (tertiary/aromatic N) is 4. The number of hydrogen-bond acceptors (Lipinski definition) is 4. The lowest BCUT2D eigenvalue weighted by Crippen LogP contribution is -2.53. The van der Waals surface area contributed by atoms with Crippen molar-refractivity contribution < 1.29 is 9.59 Å². The minimum atomic E-state index is -0.281. The third kappa shape index (κ3) is 4.05. The number of carbonyl (C=O) groups excluding carboxylic acids is 2. The molecule has 0 N–H and O–H groups in total. The molecule has 6 heteroatoms. The van der Waals surface area contributed by atoms with Crippen LogP contribution in [0.1, 0.15) is 30.4 Å². The smallest absolute Gasteiger partial charge is 0.240 e. The number of rotatable bonds is 5. The largest absolute Gasteiger partial charge is 0.344 e. The van der Waals surface area contributed by atoms with Crippen LogP contribution in [0.3, 0.4) is 0 Å². The van der Waals surface area contributed by atoms with Crippen molar-refractivity contribution in [1.82, 2.24) is 14.7 Å². The molecule has 2 aliphatic rings. The van der Waals surface area contributed by atoms with Gasteiger partial charge in [-0.15, -0.1) is 0 Å². The van der Waals surface area contributed by atoms with Gasteiger partial charge in [0.05, 0.1) is 25.1 Å². The Morgan fingerprint density at radius 2 is 1.92 bits per heavy atom. The van der Waals surface area contributed by atoms with Gasteiger partial charge in [-0.3, -0.25) is 14.5 Å². The molecule has 3 rings (SSSR count). The minimum Gasteiger partial charge on any atom is -0.344 e. The molecule has 2 heterocycles. The SMILES string of the molecule is CN(CCC#N)C(=O)CN1Cc2ccccc2C[C@@H]1C(=O)N1CCCC1. The van der Waals surface area contributed by atoms with Gasteiger partial charge in [-0.2, -0.15) is 5.26 Å². The molecule has 0 aromatic heterocycles. The molecule has 1 aromatic carbocycles. The van der Waals surface area contributed by atoms with E-state index in [0.29, 0.717) is 25.9 Å². The Morgan fingerprint density at radius 1 is 1.23 bits per heavy atom. The van der Waals surface area contributed by atoms with Crippen LogP contribution in [0.4, 0.5) is 0 Å². The summed E-state index contributed by atoms with van der Waals surface area (Å²) in [4.78, 5) is 31.2. The van der Waals surface area contributed by atoms with E-state index in [0.717, 1.165) is 25.9 Å². The Balaban J connectivity index is 1.76. The summed E-state index contributed by atoms with van der Waals surface area (Å²) in [5, 5.41) is 8.72. The number of fused-ring (bicyclic) bond motifs is 1. The van der Waals surface area contributed by atoms with Crippen LogP contribution < -0.4 is 0 Å². The van der Waals surface area contributed by atoms with Crippen molar-refractivity contribution in [3.63, 3.8) is 0 Å². The van der Waals surface area contributed by atoms with Crippen LogP contribution in [0.15, 0.2) is 24.3 Å². The highest BCUT2D eigenvalue weighted by molar-refractivity contribution is 5.84. The lowest BCUT2D eigenvalue weighted by molar-refractivity contribution is -0.139. The molecule has 2 aliphatic heterocycles. The molecule has 0 unspecified atom stereocenters. The normalized spacial score (nSPS) is 19.7. The average Bonchev–Trinajstić information content (AvgIpc) is 3.19. The van der Waals surface area contributed by atoms with Gasteiger partial charge >= 0.3 is 0 Å². The van der Waals surface area contributed by atoms with Gasteiger partial charge in [0.1, 0.15) is 0 Å². The summed E-state index contributed by atoms with van der Waals surface area (Å²) >= 11 is 0. The molecular formula is C20H26N4O2. The Bertz CT molecular complexity index is 706. The summed E-state index contributed by atoms with van der Waals surface area (Å²) in [7, 11) is 1.72. The van der Waals surface area contributed by atoms with E-state index < -0.39 is 0 Å². The maximum atomic E-state index is 13.1. The van der Waals surface area contributed by atoms with Crippen molar-refractivity contribution in [3.05, 3.63) is 35.4 Å². The summed E-state index contributed by atoms with van der Waals surface area (Å²) < 4.78 is 0. The lowest BCUT2D eigenvalue weighted by atomic mass is 9.93. The van der Waals surface area contributed by atoms with Crippen molar-refractivity contribution >= 4 is 11.8 Å². The first-order valence-electron chi connectivity index (χ1n) is 9.30. The van der Waals surface area contributed by atoms with E-state index in [2.05, 4.69) is 18.2 Å². The molecule has 6 nitrogen and oxygen atoms in total. The van der Waals surface area contributed by atoms with Crippen LogP contribution in [0.25, 0.3) is 0 Å². The summed E-state index contributed by atoms with van der Waals surface area (Å²) in [6, 6.07) is 9.95. The predicted molar refractivity (Wildman–Crippen MR) is 98.0 cm³/mol. The fraction of sp³-hybridized carbons (Fsp3) is 0.550. The number of amides is 2. The van der Waals surface area contributed by atoms with Crippen LogP contribution in [-0.4, -0.2) is 65.8 Å². The fourth-order valence-electron chi connectivity index (χ4n) is 3.77. The highest BCUT2D eigenvalue weighted by Crippen LogP contribution is 2.25. The maximum absolute atomic E-state index is 13.1. The average molecular weight is 354 g/mol. The molecule has 1 saturated heterocycles. The molecule has 2 amide bonds. The number of carbonyl (C=O) groups is 2. The van der Waals surface area contributed by atoms with Crippen molar-refractivity contribution in [2.45, 2.75) is 38.3 Å². The van der Waals surface area contributed by atoms with E-state index in [1.54, 1.807) is 11.9 Å². The van der Waals surface area contributed by atoms with Gasteiger partial charge in [0, 0.05) is 33.2 Å². The van der Waals surface area contributed by atoms with E-state index in [1.807, 2.05) is 21.9 Å². The van der Waals surface area contributed by atoms with E-state index >= 15 is 0 Å². The molecular weight excluding hydrogens is 328 g/mol. The fourth-order valence-corrected chi connectivity index (χ4v) is 3.77. The van der Waals surface area contributed by atoms with Gasteiger partial charge in [0.25, 0.3) is 0 Å². The lowest BCUT2D eigenvalue weighted by Gasteiger charge is -2.38. The van der Waals surface area contributed by atoms with Gasteiger partial charge in [0.15, 0.2) is 0 Å². The maximum Gasteiger partial charge on any atom is 0.240 e. The number of likely N-dealkylation sites (tertiary alicyclic amines) is 1. The van der Waals surface area contributed by atoms with Gasteiger partial charge < -0.3 is 9.80 Å². The van der Waals surface area contributed by atoms with Crippen LogP contribution >= 0.6 is 0 Å². The van der Waals surface area contributed by atoms with Gasteiger partial charge in [0.2, 0.25) is 11.8 Å². The second-order valence-corrected chi connectivity index (χ2v) is 7.15. The number of hydrogen-bond donors (Lipinski definition) is 0. The molecule has 1 aromatic rings. The van der Waals surface area contributed by atoms with Gasteiger partial charge in [-0.25, -0.2) is 0 Å². The molecule has 0 radical (unpaired) electrons. The first-order chi connectivity index (χ1) is 12.6. The molecule has 1 atom stereocenters. The molecule has 1 fully saturated rings. The molecule has 26 heavy (non-hydrogen) atoms. The Kier molecular flexibility index (Phi) is 5.89. The molecule has 0 bridgehead atoms. The molecule has 138 valence electrons. The molecule has 0 aliphatic carbocycles. The Labute approximate surface area is 155 Å². The van der Waals surface area contributed by atoms with Crippen LogP contribution in [0.5, 0.6) is 0 Å². The second-order valence-electron chi connectivity index (χ2n) is 7.15. The topological polar surface area (TPSA) is 67.6 Å². The number of likely N-dealkylation sites (N-methyl/N-ethyl adjacent to an activating group) is 1. The van der Waals surface area contributed by atoms with Crippen molar-refractivity contribution in [3.8, 4) is 6.07 Å². The summed E-state index contributed by atoms with van der Waals surface area (Å²) in [5.41, 5.74) is 2.39. The van der Waals surface area contributed by atoms with E-state index in [9.17, 15) is 9.59 Å². The first kappa shape index (κ1) is 18.4. The highest BCUT2D eigenvalue weighted by atomic mass is 16.2. The molecule has 0 saturated carbocycles. The Morgan fingerprint density at radius 3 is 2.62 bits per heavy atom. The van der Waals surface area contributed by atoms with E-state index in [-0.39, 0.29) is 24.4 Å². The predicted octanol–water partition coefficient (Wildman–Crippen LogP) is 1.41. The van der Waals surface area contributed by atoms with E-state index in [4.69, 9.17) is 5.26 Å². The minimum absolute atomic E-state index is 0.0427. The van der Waals surface area contributed by atoms with Crippen LogP contribution in [-0.2, 0) is 22.6 Å². The van der Waals surface area contributed by atoms with Crippen molar-refractivity contribution in [1.29, 1.82) is 5.26 Å². The standard InChI is InChI=1S/C20H26N4O2/c1-22(10-6-9-21)19(25)15-24-14-17-8-3-2-7-16(17)13-18(24)20(26)23-11-4-5-12-23/h2-3,7-8,18H,4-6,10-15H2,1H3/t18-/m1/s1. The van der Waals surface area contributed by atoms with E-state index in [1.165, 1.54) is 11.1 Å². The highest BCUT2D eigenvalue weighted by Gasteiger charge is 2.36. The number of benzene rings is 1. The molecule has 0 spiro atoms. The van der Waals surface area contributed by atoms with Crippen LogP contribution in [0.2, 0.25) is 0 Å². The quantitative estimate of drug-likeness (QED) is 0.802. The third-order valence-corrected chi connectivity index (χ3v) is 5.37. The summed E-state index contributed by atoms with van der Waals surface area (Å²) in [5.74, 6) is 0.100. The van der Waals surface area contributed by atoms with Crippen LogP contribution in [0, 0.1) is 11.3 Å². The third-order valence-electron chi connectivity index (χ3n) is 5.37. The van der Waals surface area contributed by atoms with Crippen molar-refractivity contribution in [2.24, 2.45) is 0 Å². The van der Waals surface area contributed by atoms with Crippen molar-refractivity contribution in [2.75, 3.05) is 33.2 Å². The zero-order valence-electron chi connectivity index (χ0n) is 15.4. The summed E-state index contributed by atoms with van der Waals surface area (Å²) in [6.07, 6.45) is 3.09. The first-order valence-corrected chi connectivity index (χ1v) is 9.30. The zero-order chi connectivity index (χ0) is 18.5.